The molecule has 194 valence electrons. The van der Waals surface area contributed by atoms with Gasteiger partial charge in [-0.3, -0.25) is 14.4 Å². The van der Waals surface area contributed by atoms with Crippen LogP contribution in [-0.2, 0) is 17.8 Å². The zero-order valence-corrected chi connectivity index (χ0v) is 23.4. The number of nitrogens with one attached hydrogen (secondary N) is 2. The summed E-state index contributed by atoms with van der Waals surface area (Å²) < 4.78 is 0.945. The first-order chi connectivity index (χ1) is 18.2. The minimum Gasteiger partial charge on any atom is -0.506 e. The van der Waals surface area contributed by atoms with Crippen molar-refractivity contribution in [1.29, 1.82) is 0 Å². The number of hydrogen-bond acceptors (Lipinski definition) is 7. The van der Waals surface area contributed by atoms with Crippen molar-refractivity contribution in [2.24, 2.45) is 10.8 Å². The topological polar surface area (TPSA) is 134 Å². The number of amides is 3. The van der Waals surface area contributed by atoms with Crippen LogP contribution < -0.4 is 16.5 Å². The first-order valence-corrected chi connectivity index (χ1v) is 13.9. The summed E-state index contributed by atoms with van der Waals surface area (Å²) >= 11 is 5.84. The zero-order chi connectivity index (χ0) is 27.2. The van der Waals surface area contributed by atoms with Crippen LogP contribution in [0.5, 0.6) is 5.75 Å². The molecule has 2 heterocycles. The summed E-state index contributed by atoms with van der Waals surface area (Å²) in [6, 6.07) is 18.0. The summed E-state index contributed by atoms with van der Waals surface area (Å²) in [7, 11) is 0. The third-order valence-electron chi connectivity index (χ3n) is 5.49. The number of rotatable bonds is 9. The van der Waals surface area contributed by atoms with E-state index in [1.807, 2.05) is 36.4 Å². The monoisotopic (exact) mass is 610 g/mol. The number of primary amides is 1. The van der Waals surface area contributed by atoms with E-state index in [4.69, 9.17) is 5.73 Å². The van der Waals surface area contributed by atoms with Crippen LogP contribution in [0, 0.1) is 0 Å². The van der Waals surface area contributed by atoms with Gasteiger partial charge in [-0.15, -0.1) is 22.7 Å². The molecule has 0 saturated heterocycles. The molecule has 2 aromatic carbocycles. The highest BCUT2D eigenvalue weighted by Crippen LogP contribution is 2.39. The molecule has 3 amide bonds. The number of nitrogens with two attached hydrogens (primary N) is 1. The number of carbonyl (C=O) groups excluding carboxylic acids is 3. The van der Waals surface area contributed by atoms with Gasteiger partial charge < -0.3 is 16.2 Å². The second-order valence-corrected chi connectivity index (χ2v) is 11.2. The first-order valence-electron chi connectivity index (χ1n) is 11.4. The summed E-state index contributed by atoms with van der Waals surface area (Å²) in [5, 5.41) is 19.4. The molecule has 0 fully saturated rings. The van der Waals surface area contributed by atoms with E-state index < -0.39 is 11.8 Å². The molecule has 5 N–H and O–H groups in total. The molecule has 4 rings (SSSR count). The Morgan fingerprint density at radius 1 is 0.947 bits per heavy atom. The van der Waals surface area contributed by atoms with Gasteiger partial charge in [-0.25, -0.2) is 5.43 Å². The van der Waals surface area contributed by atoms with Gasteiger partial charge in [0, 0.05) is 16.4 Å². The fourth-order valence-corrected chi connectivity index (χ4v) is 5.58. The Balaban J connectivity index is 1.34. The van der Waals surface area contributed by atoms with Crippen molar-refractivity contribution in [3.8, 4) is 16.2 Å². The molecule has 0 saturated carbocycles. The van der Waals surface area contributed by atoms with Crippen molar-refractivity contribution in [2.75, 3.05) is 0 Å². The van der Waals surface area contributed by atoms with Crippen LogP contribution in [-0.4, -0.2) is 28.5 Å². The minimum absolute atomic E-state index is 0.102. The molecule has 0 unspecified atom stereocenters. The van der Waals surface area contributed by atoms with Gasteiger partial charge in [0.25, 0.3) is 11.8 Å². The molecule has 0 spiro atoms. The lowest BCUT2D eigenvalue weighted by molar-refractivity contribution is -0.117. The average molecular weight is 612 g/mol. The Morgan fingerprint density at radius 3 is 2.24 bits per heavy atom. The second kappa shape index (κ2) is 12.2. The van der Waals surface area contributed by atoms with E-state index in [1.54, 1.807) is 36.6 Å². The Morgan fingerprint density at radius 2 is 1.58 bits per heavy atom. The van der Waals surface area contributed by atoms with E-state index in [2.05, 4.69) is 31.8 Å². The lowest BCUT2D eigenvalue weighted by Crippen LogP contribution is -2.22. The summed E-state index contributed by atoms with van der Waals surface area (Å²) in [5.41, 5.74) is 11.2. The third kappa shape index (κ3) is 6.74. The molecular weight excluding hydrogens is 588 g/mol. The van der Waals surface area contributed by atoms with Gasteiger partial charge in [-0.1, -0.05) is 52.3 Å². The highest BCUT2D eigenvalue weighted by atomic mass is 79.9. The standard InChI is InChI=1S/C27H23BrN4O4S2/c1-15(20-14-37-25(24(20)34)18-6-8-19(28)9-7-18)31-32-27(36)22-11-10-21(38-22)26(35)30-13-17-4-2-16(3-5-17)12-23(29)33/h2-11,14,34H,12-13H2,1H3,(H2,29,33)(H,30,35)(H,32,36)/b31-15+. The highest BCUT2D eigenvalue weighted by Gasteiger charge is 2.17. The largest absolute Gasteiger partial charge is 0.506 e. The fraction of sp³-hybridized carbons (Fsp3) is 0.111. The first kappa shape index (κ1) is 27.2. The Hall–Kier alpha value is -3.80. The van der Waals surface area contributed by atoms with Crippen molar-refractivity contribution in [3.63, 3.8) is 0 Å². The second-order valence-electron chi connectivity index (χ2n) is 8.28. The maximum absolute atomic E-state index is 12.6. The fourth-order valence-electron chi connectivity index (χ4n) is 3.49. The smallest absolute Gasteiger partial charge is 0.281 e. The van der Waals surface area contributed by atoms with Crippen LogP contribution in [0.15, 0.2) is 75.6 Å². The molecule has 0 bridgehead atoms. The molecule has 0 aliphatic heterocycles. The average Bonchev–Trinajstić information content (AvgIpc) is 3.54. The Labute approximate surface area is 235 Å². The van der Waals surface area contributed by atoms with E-state index in [0.717, 1.165) is 32.5 Å². The molecule has 2 aromatic heterocycles. The molecular formula is C27H23BrN4O4S2. The molecule has 0 aliphatic carbocycles. The number of hydrazone groups is 1. The van der Waals surface area contributed by atoms with Crippen molar-refractivity contribution < 1.29 is 19.5 Å². The number of carbonyl (C=O) groups is 3. The molecule has 0 atom stereocenters. The summed E-state index contributed by atoms with van der Waals surface area (Å²) in [6.07, 6.45) is 0.164. The highest BCUT2D eigenvalue weighted by molar-refractivity contribution is 9.10. The van der Waals surface area contributed by atoms with Gasteiger partial charge in [-0.2, -0.15) is 5.10 Å². The summed E-state index contributed by atoms with van der Waals surface area (Å²) in [6.45, 7) is 1.99. The summed E-state index contributed by atoms with van der Waals surface area (Å²) in [4.78, 5) is 37.6. The maximum Gasteiger partial charge on any atom is 0.281 e. The predicted molar refractivity (Wildman–Crippen MR) is 154 cm³/mol. The Bertz CT molecular complexity index is 1510. The number of benzene rings is 2. The molecule has 0 aliphatic rings. The Kier molecular flexibility index (Phi) is 8.72. The van der Waals surface area contributed by atoms with E-state index in [0.29, 0.717) is 32.5 Å². The number of nitrogens with zero attached hydrogens (tertiary/aromatic N) is 1. The quantitative estimate of drug-likeness (QED) is 0.156. The van der Waals surface area contributed by atoms with Gasteiger partial charge in [0.2, 0.25) is 5.91 Å². The lowest BCUT2D eigenvalue weighted by atomic mass is 10.1. The van der Waals surface area contributed by atoms with Gasteiger partial charge in [0.05, 0.1) is 32.3 Å². The van der Waals surface area contributed by atoms with Crippen LogP contribution in [0.2, 0.25) is 0 Å². The summed E-state index contributed by atoms with van der Waals surface area (Å²) in [5.74, 6) is -1.06. The van der Waals surface area contributed by atoms with E-state index in [1.165, 1.54) is 11.3 Å². The van der Waals surface area contributed by atoms with Crippen molar-refractivity contribution in [3.05, 3.63) is 97.0 Å². The third-order valence-corrected chi connectivity index (χ3v) is 8.12. The SMILES string of the molecule is C/C(=N\NC(=O)c1ccc(C(=O)NCc2ccc(CC(N)=O)cc2)s1)c1csc(-c2ccc(Br)cc2)c1O. The maximum atomic E-state index is 12.6. The molecule has 0 radical (unpaired) electrons. The molecule has 4 aromatic rings. The number of thiophene rings is 2. The van der Waals surface area contributed by atoms with E-state index in [9.17, 15) is 19.5 Å². The van der Waals surface area contributed by atoms with Gasteiger partial charge in [0.15, 0.2) is 0 Å². The minimum atomic E-state index is -0.457. The van der Waals surface area contributed by atoms with Gasteiger partial charge >= 0.3 is 0 Å². The van der Waals surface area contributed by atoms with Crippen molar-refractivity contribution >= 4 is 62.0 Å². The predicted octanol–water partition coefficient (Wildman–Crippen LogP) is 5.06. The van der Waals surface area contributed by atoms with Crippen molar-refractivity contribution in [1.82, 2.24) is 10.7 Å². The van der Waals surface area contributed by atoms with Gasteiger partial charge in [0.1, 0.15) is 5.75 Å². The van der Waals surface area contributed by atoms with Crippen LogP contribution in [0.25, 0.3) is 10.4 Å². The number of aromatic hydroxyl groups is 1. The van der Waals surface area contributed by atoms with Crippen LogP contribution in [0.3, 0.4) is 0 Å². The molecule has 38 heavy (non-hydrogen) atoms. The molecule has 11 heteroatoms. The van der Waals surface area contributed by atoms with Crippen LogP contribution >= 0.6 is 38.6 Å². The van der Waals surface area contributed by atoms with Crippen LogP contribution in [0.1, 0.15) is 43.0 Å². The van der Waals surface area contributed by atoms with Gasteiger partial charge in [-0.05, 0) is 47.9 Å². The van der Waals surface area contributed by atoms with Crippen molar-refractivity contribution in [2.45, 2.75) is 19.9 Å². The normalized spacial score (nSPS) is 11.3. The van der Waals surface area contributed by atoms with E-state index in [-0.39, 0.29) is 18.1 Å². The van der Waals surface area contributed by atoms with Crippen LogP contribution in [0.4, 0.5) is 0 Å². The number of hydrogen-bond donors (Lipinski definition) is 4. The number of halogens is 1. The zero-order valence-electron chi connectivity index (χ0n) is 20.2. The van der Waals surface area contributed by atoms with E-state index >= 15 is 0 Å². The molecule has 8 nitrogen and oxygen atoms in total. The lowest BCUT2D eigenvalue weighted by Gasteiger charge is -2.05.